The quantitative estimate of drug-likeness (QED) is 0.885. The molecule has 0 saturated heterocycles. The van der Waals surface area contributed by atoms with Gasteiger partial charge in [0, 0.05) is 11.8 Å². The van der Waals surface area contributed by atoms with E-state index < -0.39 is 0 Å². The first-order valence-electron chi connectivity index (χ1n) is 6.77. The molecule has 2 heteroatoms. The summed E-state index contributed by atoms with van der Waals surface area (Å²) in [5, 5.41) is 0. The van der Waals surface area contributed by atoms with Gasteiger partial charge in [-0.1, -0.05) is 45.0 Å². The average molecular weight is 254 g/mol. The minimum Gasteiger partial charge on any atom is -0.383 e. The Morgan fingerprint density at radius 2 is 1.74 bits per heavy atom. The zero-order chi connectivity index (χ0) is 14.0. The van der Waals surface area contributed by atoms with Gasteiger partial charge in [0.15, 0.2) is 0 Å². The Bertz CT molecular complexity index is 568. The molecule has 0 amide bonds. The van der Waals surface area contributed by atoms with Gasteiger partial charge in [-0.2, -0.15) is 0 Å². The molecule has 19 heavy (non-hydrogen) atoms. The van der Waals surface area contributed by atoms with Gasteiger partial charge in [-0.3, -0.25) is 0 Å². The molecule has 0 fully saturated rings. The van der Waals surface area contributed by atoms with E-state index in [0.717, 1.165) is 17.5 Å². The molecule has 1 aromatic heterocycles. The molecule has 2 nitrogen and oxygen atoms in total. The lowest BCUT2D eigenvalue weighted by atomic mass is 9.82. The largest absolute Gasteiger partial charge is 0.383 e. The van der Waals surface area contributed by atoms with Gasteiger partial charge >= 0.3 is 0 Å². The van der Waals surface area contributed by atoms with Gasteiger partial charge in [0.2, 0.25) is 0 Å². The van der Waals surface area contributed by atoms with Gasteiger partial charge in [-0.15, -0.1) is 0 Å². The second-order valence-corrected chi connectivity index (χ2v) is 5.74. The van der Waals surface area contributed by atoms with Crippen molar-refractivity contribution in [1.29, 1.82) is 0 Å². The minimum absolute atomic E-state index is 0.230. The summed E-state index contributed by atoms with van der Waals surface area (Å²) >= 11 is 0. The van der Waals surface area contributed by atoms with Gasteiger partial charge in [0.1, 0.15) is 5.82 Å². The molecule has 0 saturated carbocycles. The highest BCUT2D eigenvalue weighted by atomic mass is 14.8. The third-order valence-corrected chi connectivity index (χ3v) is 4.00. The number of aromatic nitrogens is 1. The van der Waals surface area contributed by atoms with Crippen LogP contribution in [0.4, 0.5) is 5.82 Å². The highest BCUT2D eigenvalue weighted by Gasteiger charge is 2.17. The molecule has 0 radical (unpaired) electrons. The van der Waals surface area contributed by atoms with E-state index in [2.05, 4.69) is 56.1 Å². The Hall–Kier alpha value is -1.83. The normalized spacial score (nSPS) is 11.6. The van der Waals surface area contributed by atoms with Crippen LogP contribution in [0.1, 0.15) is 38.3 Å². The summed E-state index contributed by atoms with van der Waals surface area (Å²) in [6, 6.07) is 10.8. The lowest BCUT2D eigenvalue weighted by Crippen LogP contribution is -2.14. The minimum atomic E-state index is 0.230. The van der Waals surface area contributed by atoms with Crippen LogP contribution in [0.2, 0.25) is 0 Å². The Labute approximate surface area is 115 Å². The smallest absolute Gasteiger partial charge is 0.126 e. The first-order chi connectivity index (χ1) is 8.94. The third-order valence-electron chi connectivity index (χ3n) is 4.00. The van der Waals surface area contributed by atoms with Crippen molar-refractivity contribution in [3.8, 4) is 11.1 Å². The van der Waals surface area contributed by atoms with Crippen LogP contribution in [0, 0.1) is 6.92 Å². The molecule has 0 aliphatic carbocycles. The fourth-order valence-electron chi connectivity index (χ4n) is 2.06. The van der Waals surface area contributed by atoms with Gasteiger partial charge in [0.05, 0.1) is 0 Å². The second kappa shape index (κ2) is 5.04. The van der Waals surface area contributed by atoms with E-state index in [-0.39, 0.29) is 5.41 Å². The monoisotopic (exact) mass is 254 g/mol. The molecule has 0 spiro atoms. The molecule has 0 atom stereocenters. The fraction of sp³-hybridized carbons (Fsp3) is 0.353. The Balaban J connectivity index is 2.35. The summed E-state index contributed by atoms with van der Waals surface area (Å²) in [6.45, 7) is 8.76. The first kappa shape index (κ1) is 13.6. The molecule has 100 valence electrons. The van der Waals surface area contributed by atoms with Crippen LogP contribution in [0.25, 0.3) is 11.1 Å². The van der Waals surface area contributed by atoms with Crippen molar-refractivity contribution in [2.75, 3.05) is 5.73 Å². The van der Waals surface area contributed by atoms with Crippen molar-refractivity contribution in [1.82, 2.24) is 4.98 Å². The topological polar surface area (TPSA) is 38.9 Å². The number of hydrogen-bond acceptors (Lipinski definition) is 2. The van der Waals surface area contributed by atoms with Crippen LogP contribution in [0.15, 0.2) is 36.5 Å². The molecule has 0 aliphatic heterocycles. The van der Waals surface area contributed by atoms with Gasteiger partial charge < -0.3 is 5.73 Å². The summed E-state index contributed by atoms with van der Waals surface area (Å²) in [6.07, 6.45) is 2.97. The molecule has 1 heterocycles. The van der Waals surface area contributed by atoms with Gasteiger partial charge in [-0.25, -0.2) is 4.98 Å². The van der Waals surface area contributed by atoms with E-state index in [9.17, 15) is 0 Å². The summed E-state index contributed by atoms with van der Waals surface area (Å²) in [7, 11) is 0. The standard InChI is InChI=1S/C17H22N2/c1-5-17(3,4)15-8-6-13(7-9-15)14-10-12(2)16(18)19-11-14/h6-11H,5H2,1-4H3,(H2,18,19). The van der Waals surface area contributed by atoms with Crippen LogP contribution in [-0.4, -0.2) is 4.98 Å². The van der Waals surface area contributed by atoms with E-state index in [1.165, 1.54) is 11.1 Å². The Morgan fingerprint density at radius 1 is 1.11 bits per heavy atom. The number of hydrogen-bond donors (Lipinski definition) is 1. The van der Waals surface area contributed by atoms with Crippen molar-refractivity contribution >= 4 is 5.82 Å². The number of aryl methyl sites for hydroxylation is 1. The SMILES string of the molecule is CCC(C)(C)c1ccc(-c2cnc(N)c(C)c2)cc1. The van der Waals surface area contributed by atoms with Crippen molar-refractivity contribution in [2.45, 2.75) is 39.5 Å². The first-order valence-corrected chi connectivity index (χ1v) is 6.77. The van der Waals surface area contributed by atoms with Gasteiger partial charge in [0.25, 0.3) is 0 Å². The highest BCUT2D eigenvalue weighted by Crippen LogP contribution is 2.29. The van der Waals surface area contributed by atoms with E-state index in [1.807, 2.05) is 13.1 Å². The van der Waals surface area contributed by atoms with Crippen LogP contribution < -0.4 is 5.73 Å². The number of nitrogen functional groups attached to an aromatic ring is 1. The number of pyridine rings is 1. The summed E-state index contributed by atoms with van der Waals surface area (Å²) in [5.74, 6) is 0.604. The predicted octanol–water partition coefficient (Wildman–Crippen LogP) is 4.33. The molecule has 1 aromatic carbocycles. The highest BCUT2D eigenvalue weighted by molar-refractivity contribution is 5.65. The number of anilines is 1. The number of nitrogens with two attached hydrogens (primary N) is 1. The molecule has 0 aliphatic rings. The number of rotatable bonds is 3. The van der Waals surface area contributed by atoms with E-state index in [4.69, 9.17) is 5.73 Å². The molecule has 0 bridgehead atoms. The molecule has 2 rings (SSSR count). The molecular formula is C17H22N2. The van der Waals surface area contributed by atoms with Crippen LogP contribution in [0.5, 0.6) is 0 Å². The number of nitrogens with zero attached hydrogens (tertiary/aromatic N) is 1. The zero-order valence-electron chi connectivity index (χ0n) is 12.2. The molecule has 2 N–H and O–H groups in total. The second-order valence-electron chi connectivity index (χ2n) is 5.74. The fourth-order valence-corrected chi connectivity index (χ4v) is 2.06. The van der Waals surface area contributed by atoms with Crippen molar-refractivity contribution in [3.63, 3.8) is 0 Å². The maximum Gasteiger partial charge on any atom is 0.126 e. The van der Waals surface area contributed by atoms with Crippen molar-refractivity contribution in [3.05, 3.63) is 47.7 Å². The average Bonchev–Trinajstić information content (AvgIpc) is 2.42. The van der Waals surface area contributed by atoms with E-state index in [0.29, 0.717) is 5.82 Å². The molecule has 0 unspecified atom stereocenters. The predicted molar refractivity (Wildman–Crippen MR) is 82.1 cm³/mol. The lowest BCUT2D eigenvalue weighted by molar-refractivity contribution is 0.506. The number of benzene rings is 1. The van der Waals surface area contributed by atoms with Crippen LogP contribution >= 0.6 is 0 Å². The van der Waals surface area contributed by atoms with Crippen LogP contribution in [0.3, 0.4) is 0 Å². The summed E-state index contributed by atoms with van der Waals surface area (Å²) in [4.78, 5) is 4.22. The zero-order valence-corrected chi connectivity index (χ0v) is 12.2. The van der Waals surface area contributed by atoms with Gasteiger partial charge in [-0.05, 0) is 41.5 Å². The summed E-state index contributed by atoms with van der Waals surface area (Å²) in [5.41, 5.74) is 10.7. The van der Waals surface area contributed by atoms with E-state index >= 15 is 0 Å². The third kappa shape index (κ3) is 2.78. The lowest BCUT2D eigenvalue weighted by Gasteiger charge is -2.23. The van der Waals surface area contributed by atoms with Crippen LogP contribution in [-0.2, 0) is 5.41 Å². The maximum absolute atomic E-state index is 5.75. The molecular weight excluding hydrogens is 232 g/mol. The van der Waals surface area contributed by atoms with Crippen molar-refractivity contribution in [2.24, 2.45) is 0 Å². The Morgan fingerprint density at radius 3 is 2.26 bits per heavy atom. The van der Waals surface area contributed by atoms with Crippen molar-refractivity contribution < 1.29 is 0 Å². The summed E-state index contributed by atoms with van der Waals surface area (Å²) < 4.78 is 0. The maximum atomic E-state index is 5.75. The Kier molecular flexibility index (Phi) is 3.61. The van der Waals surface area contributed by atoms with E-state index in [1.54, 1.807) is 0 Å². The molecule has 2 aromatic rings.